The maximum absolute atomic E-state index is 13.3. The molecular formula is C14H12ClF2NO. The van der Waals surface area contributed by atoms with Crippen molar-refractivity contribution in [1.82, 2.24) is 4.98 Å². The number of halogens is 3. The van der Waals surface area contributed by atoms with Gasteiger partial charge < -0.3 is 5.11 Å². The van der Waals surface area contributed by atoms with Gasteiger partial charge in [-0.15, -0.1) is 0 Å². The van der Waals surface area contributed by atoms with Crippen molar-refractivity contribution in [2.45, 2.75) is 18.9 Å². The Bertz CT molecular complexity index is 588. The monoisotopic (exact) mass is 283 g/mol. The van der Waals surface area contributed by atoms with E-state index in [1.807, 2.05) is 0 Å². The third-order valence-electron chi connectivity index (χ3n) is 3.04. The molecule has 100 valence electrons. The lowest BCUT2D eigenvalue weighted by molar-refractivity contribution is 0.0715. The number of nitrogens with zero attached hydrogens (tertiary/aromatic N) is 1. The maximum Gasteiger partial charge on any atom is 0.141 e. The molecule has 2 rings (SSSR count). The molecule has 0 spiro atoms. The van der Waals surface area contributed by atoms with Crippen LogP contribution in [0.15, 0.2) is 36.5 Å². The molecular weight excluding hydrogens is 272 g/mol. The molecule has 5 heteroatoms. The molecule has 0 radical (unpaired) electrons. The average molecular weight is 284 g/mol. The summed E-state index contributed by atoms with van der Waals surface area (Å²) in [4.78, 5) is 3.86. The summed E-state index contributed by atoms with van der Waals surface area (Å²) in [6, 6.07) is 6.30. The fraction of sp³-hybridized carbons (Fsp3) is 0.214. The molecule has 19 heavy (non-hydrogen) atoms. The van der Waals surface area contributed by atoms with Crippen molar-refractivity contribution in [1.29, 1.82) is 0 Å². The highest BCUT2D eigenvalue weighted by atomic mass is 35.5. The Morgan fingerprint density at radius 1 is 1.21 bits per heavy atom. The molecule has 1 aromatic carbocycles. The molecule has 1 atom stereocenters. The Kier molecular flexibility index (Phi) is 3.83. The Balaban J connectivity index is 2.59. The van der Waals surface area contributed by atoms with Crippen LogP contribution in [0.25, 0.3) is 0 Å². The molecule has 2 aromatic rings. The lowest BCUT2D eigenvalue weighted by Gasteiger charge is -2.27. The fourth-order valence-electron chi connectivity index (χ4n) is 1.94. The summed E-state index contributed by atoms with van der Waals surface area (Å²) in [7, 11) is 0. The molecule has 1 heterocycles. The summed E-state index contributed by atoms with van der Waals surface area (Å²) in [5.74, 6) is -1.01. The van der Waals surface area contributed by atoms with Gasteiger partial charge in [0.15, 0.2) is 0 Å². The number of benzene rings is 1. The van der Waals surface area contributed by atoms with Crippen LogP contribution in [0.3, 0.4) is 0 Å². The van der Waals surface area contributed by atoms with Gasteiger partial charge in [-0.05, 0) is 36.8 Å². The first kappa shape index (κ1) is 13.9. The Hall–Kier alpha value is -1.52. The second kappa shape index (κ2) is 5.23. The van der Waals surface area contributed by atoms with E-state index in [1.54, 1.807) is 6.92 Å². The molecule has 1 aromatic heterocycles. The highest BCUT2D eigenvalue weighted by Crippen LogP contribution is 2.36. The van der Waals surface area contributed by atoms with Gasteiger partial charge in [-0.3, -0.25) is 4.98 Å². The highest BCUT2D eigenvalue weighted by Gasteiger charge is 2.33. The first-order valence-corrected chi connectivity index (χ1v) is 6.15. The number of aliphatic hydroxyl groups is 1. The van der Waals surface area contributed by atoms with Crippen LogP contribution in [0.1, 0.15) is 24.6 Å². The first-order chi connectivity index (χ1) is 8.97. The minimum absolute atomic E-state index is 0.218. The van der Waals surface area contributed by atoms with Gasteiger partial charge in [-0.25, -0.2) is 8.78 Å². The number of aromatic nitrogens is 1. The molecule has 0 saturated heterocycles. The largest absolute Gasteiger partial charge is 0.379 e. The van der Waals surface area contributed by atoms with E-state index in [-0.39, 0.29) is 22.7 Å². The van der Waals surface area contributed by atoms with Crippen LogP contribution in [0.2, 0.25) is 5.02 Å². The first-order valence-electron chi connectivity index (χ1n) is 5.77. The predicted molar refractivity (Wildman–Crippen MR) is 68.9 cm³/mol. The SMILES string of the molecule is CCC(O)(c1ccc(F)cn1)c1cc(F)ccc1Cl. The van der Waals surface area contributed by atoms with Crippen LogP contribution in [0, 0.1) is 11.6 Å². The van der Waals surface area contributed by atoms with E-state index in [0.29, 0.717) is 0 Å². The fourth-order valence-corrected chi connectivity index (χ4v) is 2.22. The van der Waals surface area contributed by atoms with Crippen LogP contribution in [0.5, 0.6) is 0 Å². The Labute approximate surface area is 114 Å². The zero-order valence-electron chi connectivity index (χ0n) is 10.2. The molecule has 0 bridgehead atoms. The summed E-state index contributed by atoms with van der Waals surface area (Å²) in [6.07, 6.45) is 1.23. The van der Waals surface area contributed by atoms with Crippen molar-refractivity contribution < 1.29 is 13.9 Å². The van der Waals surface area contributed by atoms with Gasteiger partial charge in [0.05, 0.1) is 11.9 Å². The molecule has 0 saturated carbocycles. The van der Waals surface area contributed by atoms with E-state index < -0.39 is 17.2 Å². The van der Waals surface area contributed by atoms with Crippen molar-refractivity contribution in [2.75, 3.05) is 0 Å². The van der Waals surface area contributed by atoms with Crippen molar-refractivity contribution in [3.8, 4) is 0 Å². The van der Waals surface area contributed by atoms with Crippen LogP contribution < -0.4 is 0 Å². The Morgan fingerprint density at radius 2 is 1.89 bits per heavy atom. The van der Waals surface area contributed by atoms with Gasteiger partial charge in [-0.2, -0.15) is 0 Å². The second-order valence-electron chi connectivity index (χ2n) is 4.20. The quantitative estimate of drug-likeness (QED) is 0.932. The zero-order chi connectivity index (χ0) is 14.0. The number of rotatable bonds is 3. The van der Waals surface area contributed by atoms with Gasteiger partial charge >= 0.3 is 0 Å². The molecule has 0 aliphatic rings. The second-order valence-corrected chi connectivity index (χ2v) is 4.61. The number of hydrogen-bond acceptors (Lipinski definition) is 2. The van der Waals surface area contributed by atoms with Crippen LogP contribution >= 0.6 is 11.6 Å². The summed E-state index contributed by atoms with van der Waals surface area (Å²) in [6.45, 7) is 1.71. The maximum atomic E-state index is 13.3. The van der Waals surface area contributed by atoms with Crippen LogP contribution in [-0.2, 0) is 5.60 Å². The lowest BCUT2D eigenvalue weighted by atomic mass is 9.87. The molecule has 0 fully saturated rings. The number of pyridine rings is 1. The summed E-state index contributed by atoms with van der Waals surface area (Å²) in [5.41, 5.74) is -1.10. The molecule has 1 unspecified atom stereocenters. The van der Waals surface area contributed by atoms with E-state index in [9.17, 15) is 13.9 Å². The molecule has 0 amide bonds. The van der Waals surface area contributed by atoms with Gasteiger partial charge in [0.25, 0.3) is 0 Å². The lowest BCUT2D eigenvalue weighted by Crippen LogP contribution is -2.28. The minimum Gasteiger partial charge on any atom is -0.379 e. The third-order valence-corrected chi connectivity index (χ3v) is 3.37. The van der Waals surface area contributed by atoms with Gasteiger partial charge in [-0.1, -0.05) is 18.5 Å². The molecule has 0 aliphatic carbocycles. The Morgan fingerprint density at radius 3 is 2.47 bits per heavy atom. The van der Waals surface area contributed by atoms with Crippen LogP contribution in [0.4, 0.5) is 8.78 Å². The molecule has 1 N–H and O–H groups in total. The van der Waals surface area contributed by atoms with Crippen molar-refractivity contribution >= 4 is 11.6 Å². The smallest absolute Gasteiger partial charge is 0.141 e. The third kappa shape index (κ3) is 2.60. The van der Waals surface area contributed by atoms with E-state index in [1.165, 1.54) is 24.3 Å². The topological polar surface area (TPSA) is 33.1 Å². The summed E-state index contributed by atoms with van der Waals surface area (Å²) in [5, 5.41) is 11.0. The molecule has 0 aliphatic heterocycles. The van der Waals surface area contributed by atoms with E-state index in [0.717, 1.165) is 12.3 Å². The number of hydrogen-bond donors (Lipinski definition) is 1. The van der Waals surface area contributed by atoms with E-state index >= 15 is 0 Å². The predicted octanol–water partition coefficient (Wildman–Crippen LogP) is 3.66. The van der Waals surface area contributed by atoms with E-state index in [4.69, 9.17) is 11.6 Å². The molecule has 2 nitrogen and oxygen atoms in total. The zero-order valence-corrected chi connectivity index (χ0v) is 11.0. The highest BCUT2D eigenvalue weighted by molar-refractivity contribution is 6.31. The minimum atomic E-state index is -1.55. The van der Waals surface area contributed by atoms with Crippen molar-refractivity contribution in [3.63, 3.8) is 0 Å². The van der Waals surface area contributed by atoms with Crippen LogP contribution in [-0.4, -0.2) is 10.1 Å². The van der Waals surface area contributed by atoms with Gasteiger partial charge in [0, 0.05) is 10.6 Å². The normalized spacial score (nSPS) is 14.2. The van der Waals surface area contributed by atoms with Crippen molar-refractivity contribution in [2.24, 2.45) is 0 Å². The van der Waals surface area contributed by atoms with Gasteiger partial charge in [0.1, 0.15) is 17.2 Å². The standard InChI is InChI=1S/C14H12ClF2NO/c1-2-14(19,13-6-4-10(17)8-18-13)11-7-9(16)3-5-12(11)15/h3-8,19H,2H2,1H3. The van der Waals surface area contributed by atoms with Crippen molar-refractivity contribution in [3.05, 3.63) is 64.4 Å². The summed E-state index contributed by atoms with van der Waals surface area (Å²) < 4.78 is 26.2. The van der Waals surface area contributed by atoms with Gasteiger partial charge in [0.2, 0.25) is 0 Å². The van der Waals surface area contributed by atoms with E-state index in [2.05, 4.69) is 4.98 Å². The average Bonchev–Trinajstić information content (AvgIpc) is 2.41. The summed E-state index contributed by atoms with van der Waals surface area (Å²) >= 11 is 6.01.